The molecule has 6 nitrogen and oxygen atoms in total. The molecule has 1 heterocycles. The molecule has 1 aliphatic rings. The molecule has 0 saturated carbocycles. The highest BCUT2D eigenvalue weighted by Gasteiger charge is 2.33. The van der Waals surface area contributed by atoms with Crippen LogP contribution in [-0.4, -0.2) is 62.0 Å². The van der Waals surface area contributed by atoms with E-state index in [9.17, 15) is 9.59 Å². The van der Waals surface area contributed by atoms with Gasteiger partial charge in [-0.1, -0.05) is 13.8 Å². The van der Waals surface area contributed by atoms with Crippen LogP contribution in [0.15, 0.2) is 0 Å². The third-order valence-corrected chi connectivity index (χ3v) is 3.73. The van der Waals surface area contributed by atoms with Crippen molar-refractivity contribution in [3.63, 3.8) is 0 Å². The van der Waals surface area contributed by atoms with Gasteiger partial charge >= 0.3 is 0 Å². The number of nitrogens with zero attached hydrogens (tertiary/aromatic N) is 1. The van der Waals surface area contributed by atoms with E-state index in [1.807, 2.05) is 11.8 Å². The first kappa shape index (κ1) is 16.9. The predicted molar refractivity (Wildman–Crippen MR) is 79.4 cm³/mol. The summed E-state index contributed by atoms with van der Waals surface area (Å²) < 4.78 is 0. The van der Waals surface area contributed by atoms with Gasteiger partial charge in [0, 0.05) is 33.2 Å². The molecule has 2 amide bonds. The zero-order valence-corrected chi connectivity index (χ0v) is 13.0. The molecule has 0 spiro atoms. The third-order valence-electron chi connectivity index (χ3n) is 3.73. The molecule has 6 heteroatoms. The Balaban J connectivity index is 2.55. The van der Waals surface area contributed by atoms with E-state index in [1.54, 1.807) is 7.05 Å². The van der Waals surface area contributed by atoms with E-state index in [-0.39, 0.29) is 23.9 Å². The quantitative estimate of drug-likeness (QED) is 0.618. The highest BCUT2D eigenvalue weighted by molar-refractivity contribution is 5.85. The molecule has 2 unspecified atom stereocenters. The van der Waals surface area contributed by atoms with Gasteiger partial charge in [-0.25, -0.2) is 0 Å². The topological polar surface area (TPSA) is 73.5 Å². The van der Waals surface area contributed by atoms with Crippen molar-refractivity contribution in [1.29, 1.82) is 0 Å². The average molecular weight is 284 g/mol. The van der Waals surface area contributed by atoms with E-state index >= 15 is 0 Å². The van der Waals surface area contributed by atoms with Crippen LogP contribution in [0.5, 0.6) is 0 Å². The monoisotopic (exact) mass is 284 g/mol. The first-order valence-electron chi connectivity index (χ1n) is 7.43. The Kier molecular flexibility index (Phi) is 6.95. The zero-order valence-electron chi connectivity index (χ0n) is 13.0. The molecule has 3 N–H and O–H groups in total. The standard InChI is InChI=1S/C14H28N4O2/c1-10(2)5-6-17-13(19)11(3)18-8-7-16-9-12(18)14(20)15-4/h10-12,16H,5-9H2,1-4H3,(H,15,20)(H,17,19). The third kappa shape index (κ3) is 4.76. The summed E-state index contributed by atoms with van der Waals surface area (Å²) in [5.74, 6) is 0.531. The van der Waals surface area contributed by atoms with Crippen molar-refractivity contribution in [3.05, 3.63) is 0 Å². The van der Waals surface area contributed by atoms with Crippen molar-refractivity contribution >= 4 is 11.8 Å². The molecule has 0 aliphatic carbocycles. The molecule has 0 aromatic carbocycles. The molecular weight excluding hydrogens is 256 g/mol. The van der Waals surface area contributed by atoms with E-state index in [1.165, 1.54) is 0 Å². The number of hydrogen-bond donors (Lipinski definition) is 3. The molecule has 1 aliphatic heterocycles. The van der Waals surface area contributed by atoms with Crippen molar-refractivity contribution in [2.45, 2.75) is 39.3 Å². The Morgan fingerprint density at radius 1 is 1.35 bits per heavy atom. The number of amides is 2. The summed E-state index contributed by atoms with van der Waals surface area (Å²) in [6.45, 7) is 8.92. The molecule has 20 heavy (non-hydrogen) atoms. The molecule has 0 aromatic heterocycles. The first-order valence-corrected chi connectivity index (χ1v) is 7.43. The minimum atomic E-state index is -0.286. The van der Waals surface area contributed by atoms with E-state index in [0.717, 1.165) is 13.0 Å². The summed E-state index contributed by atoms with van der Waals surface area (Å²) in [5, 5.41) is 8.82. The van der Waals surface area contributed by atoms with Crippen LogP contribution in [-0.2, 0) is 9.59 Å². The lowest BCUT2D eigenvalue weighted by Crippen LogP contribution is -2.62. The summed E-state index contributed by atoms with van der Waals surface area (Å²) in [6, 6.07) is -0.564. The molecule has 116 valence electrons. The normalized spacial score (nSPS) is 21.6. The van der Waals surface area contributed by atoms with Gasteiger partial charge in [0.05, 0.1) is 6.04 Å². The summed E-state index contributed by atoms with van der Waals surface area (Å²) >= 11 is 0. The number of rotatable bonds is 6. The van der Waals surface area contributed by atoms with Crippen LogP contribution in [0.4, 0.5) is 0 Å². The number of piperazine rings is 1. The van der Waals surface area contributed by atoms with Crippen molar-refractivity contribution in [3.8, 4) is 0 Å². The van der Waals surface area contributed by atoms with Gasteiger partial charge in [0.2, 0.25) is 11.8 Å². The summed E-state index contributed by atoms with van der Waals surface area (Å²) in [5.41, 5.74) is 0. The number of likely N-dealkylation sites (N-methyl/N-ethyl adjacent to an activating group) is 1. The number of carbonyl (C=O) groups excluding carboxylic acids is 2. The SMILES string of the molecule is CNC(=O)C1CNCCN1C(C)C(=O)NCCC(C)C. The van der Waals surface area contributed by atoms with Crippen molar-refractivity contribution in [1.82, 2.24) is 20.9 Å². The maximum Gasteiger partial charge on any atom is 0.238 e. The van der Waals surface area contributed by atoms with Crippen molar-refractivity contribution in [2.75, 3.05) is 33.2 Å². The lowest BCUT2D eigenvalue weighted by atomic mass is 10.1. The largest absolute Gasteiger partial charge is 0.358 e. The average Bonchev–Trinajstić information content (AvgIpc) is 2.45. The highest BCUT2D eigenvalue weighted by Crippen LogP contribution is 2.09. The maximum absolute atomic E-state index is 12.2. The molecular formula is C14H28N4O2. The fourth-order valence-corrected chi connectivity index (χ4v) is 2.38. The molecule has 2 atom stereocenters. The van der Waals surface area contributed by atoms with E-state index in [0.29, 0.717) is 25.6 Å². The Labute approximate surface area is 121 Å². The highest BCUT2D eigenvalue weighted by atomic mass is 16.2. The van der Waals surface area contributed by atoms with Gasteiger partial charge < -0.3 is 16.0 Å². The minimum Gasteiger partial charge on any atom is -0.358 e. The van der Waals surface area contributed by atoms with Crippen LogP contribution in [0.1, 0.15) is 27.2 Å². The predicted octanol–water partition coefficient (Wildman–Crippen LogP) is -0.443. The Hall–Kier alpha value is -1.14. The van der Waals surface area contributed by atoms with Gasteiger partial charge in [-0.2, -0.15) is 0 Å². The molecule has 0 aromatic rings. The van der Waals surface area contributed by atoms with Crippen LogP contribution >= 0.6 is 0 Å². The minimum absolute atomic E-state index is 0.00135. The first-order chi connectivity index (χ1) is 9.47. The zero-order chi connectivity index (χ0) is 15.1. The number of nitrogens with one attached hydrogen (secondary N) is 3. The van der Waals surface area contributed by atoms with Gasteiger partial charge in [-0.15, -0.1) is 0 Å². The lowest BCUT2D eigenvalue weighted by Gasteiger charge is -2.38. The molecule has 0 radical (unpaired) electrons. The van der Waals surface area contributed by atoms with Crippen LogP contribution in [0, 0.1) is 5.92 Å². The van der Waals surface area contributed by atoms with Crippen molar-refractivity contribution in [2.24, 2.45) is 5.92 Å². The second kappa shape index (κ2) is 8.21. The van der Waals surface area contributed by atoms with Crippen LogP contribution < -0.4 is 16.0 Å². The summed E-state index contributed by atoms with van der Waals surface area (Å²) in [4.78, 5) is 26.0. The van der Waals surface area contributed by atoms with Gasteiger partial charge in [-0.05, 0) is 19.3 Å². The molecule has 1 saturated heterocycles. The Morgan fingerprint density at radius 2 is 2.05 bits per heavy atom. The summed E-state index contributed by atoms with van der Waals surface area (Å²) in [6.07, 6.45) is 0.971. The van der Waals surface area contributed by atoms with Gasteiger partial charge in [0.1, 0.15) is 6.04 Å². The molecule has 1 fully saturated rings. The van der Waals surface area contributed by atoms with Crippen LogP contribution in [0.3, 0.4) is 0 Å². The van der Waals surface area contributed by atoms with E-state index in [4.69, 9.17) is 0 Å². The maximum atomic E-state index is 12.2. The number of carbonyl (C=O) groups is 2. The Bertz CT molecular complexity index is 333. The van der Waals surface area contributed by atoms with Crippen LogP contribution in [0.2, 0.25) is 0 Å². The second-order valence-corrected chi connectivity index (χ2v) is 5.72. The number of hydrogen-bond acceptors (Lipinski definition) is 4. The fraction of sp³-hybridized carbons (Fsp3) is 0.857. The summed E-state index contributed by atoms with van der Waals surface area (Å²) in [7, 11) is 1.63. The molecule has 0 bridgehead atoms. The van der Waals surface area contributed by atoms with Crippen molar-refractivity contribution < 1.29 is 9.59 Å². The second-order valence-electron chi connectivity index (χ2n) is 5.72. The molecule has 1 rings (SSSR count). The Morgan fingerprint density at radius 3 is 2.65 bits per heavy atom. The van der Waals surface area contributed by atoms with Gasteiger partial charge in [0.25, 0.3) is 0 Å². The van der Waals surface area contributed by atoms with Gasteiger partial charge in [-0.3, -0.25) is 14.5 Å². The van der Waals surface area contributed by atoms with E-state index < -0.39 is 0 Å². The smallest absolute Gasteiger partial charge is 0.238 e. The van der Waals surface area contributed by atoms with Crippen LogP contribution in [0.25, 0.3) is 0 Å². The lowest BCUT2D eigenvalue weighted by molar-refractivity contribution is -0.132. The van der Waals surface area contributed by atoms with E-state index in [2.05, 4.69) is 29.8 Å². The van der Waals surface area contributed by atoms with Gasteiger partial charge in [0.15, 0.2) is 0 Å². The fourth-order valence-electron chi connectivity index (χ4n) is 2.38.